The Morgan fingerprint density at radius 2 is 1.60 bits per heavy atom. The lowest BCUT2D eigenvalue weighted by Crippen LogP contribution is -2.13. The Morgan fingerprint density at radius 1 is 0.860 bits per heavy atom. The summed E-state index contributed by atoms with van der Waals surface area (Å²) in [5, 5.41) is 30.7. The molecule has 206 valence electrons. The first-order valence-corrected chi connectivity index (χ1v) is 16.1. The van der Waals surface area contributed by atoms with Crippen molar-refractivity contribution in [3.8, 4) is 18.2 Å². The lowest BCUT2D eigenvalue weighted by molar-refractivity contribution is 0.860. The Morgan fingerprint density at radius 3 is 2.30 bits per heavy atom. The van der Waals surface area contributed by atoms with Gasteiger partial charge in [0.05, 0.1) is 29.3 Å². The normalized spacial score (nSPS) is 17.0. The fourth-order valence-corrected chi connectivity index (χ4v) is 10.2. The molecule has 4 aromatic carbocycles. The van der Waals surface area contributed by atoms with Crippen LogP contribution in [-0.4, -0.2) is 5.75 Å². The summed E-state index contributed by atoms with van der Waals surface area (Å²) in [7, 11) is -1.93. The van der Waals surface area contributed by atoms with Crippen molar-refractivity contribution in [1.29, 1.82) is 15.8 Å². The molecule has 6 rings (SSSR count). The molecule has 0 radical (unpaired) electrons. The SMILES string of the molecule is C=C/C(=C\C=C\C#N)S(CCc1ccc(C#N)cc1)(c1ccc(C#N)cc1)c1cc2c3c4c(ccc3c1)C=CC[C@@H]4C=C2. The summed E-state index contributed by atoms with van der Waals surface area (Å²) in [6.07, 6.45) is 18.1. The number of allylic oxidation sites excluding steroid dienone is 6. The van der Waals surface area contributed by atoms with Crippen LogP contribution in [0.2, 0.25) is 0 Å². The molecule has 43 heavy (non-hydrogen) atoms. The minimum atomic E-state index is -1.93. The van der Waals surface area contributed by atoms with Gasteiger partial charge in [0.2, 0.25) is 0 Å². The molecule has 0 aliphatic heterocycles. The van der Waals surface area contributed by atoms with Crippen LogP contribution in [0.3, 0.4) is 0 Å². The smallest absolute Gasteiger partial charge is 0.0991 e. The number of benzene rings is 4. The van der Waals surface area contributed by atoms with Crippen LogP contribution in [0, 0.1) is 34.0 Å². The molecule has 0 amide bonds. The van der Waals surface area contributed by atoms with Crippen LogP contribution in [0.5, 0.6) is 0 Å². The predicted octanol–water partition coefficient (Wildman–Crippen LogP) is 9.73. The second-order valence-corrected chi connectivity index (χ2v) is 14.0. The minimum absolute atomic E-state index is 0.397. The van der Waals surface area contributed by atoms with Crippen molar-refractivity contribution in [1.82, 2.24) is 0 Å². The fourth-order valence-electron chi connectivity index (χ4n) is 6.30. The van der Waals surface area contributed by atoms with E-state index in [9.17, 15) is 15.8 Å². The van der Waals surface area contributed by atoms with E-state index < -0.39 is 10.0 Å². The second-order valence-electron chi connectivity index (χ2n) is 10.7. The molecule has 0 saturated carbocycles. The van der Waals surface area contributed by atoms with Crippen LogP contribution in [-0.2, 0) is 6.42 Å². The summed E-state index contributed by atoms with van der Waals surface area (Å²) in [6, 6.07) is 31.5. The molecular formula is C39H29N3S. The van der Waals surface area contributed by atoms with E-state index in [4.69, 9.17) is 0 Å². The van der Waals surface area contributed by atoms with E-state index in [1.54, 1.807) is 6.08 Å². The van der Waals surface area contributed by atoms with Crippen molar-refractivity contribution in [3.05, 3.63) is 154 Å². The third kappa shape index (κ3) is 5.02. The van der Waals surface area contributed by atoms with Crippen LogP contribution in [0.15, 0.2) is 131 Å². The highest BCUT2D eigenvalue weighted by Crippen LogP contribution is 2.69. The highest BCUT2D eigenvalue weighted by molar-refractivity contribution is 8.37. The van der Waals surface area contributed by atoms with Gasteiger partial charge in [-0.05, 0) is 121 Å². The summed E-state index contributed by atoms with van der Waals surface area (Å²) in [5.74, 6) is 1.18. The average molecular weight is 572 g/mol. The molecule has 0 bridgehead atoms. The van der Waals surface area contributed by atoms with Crippen molar-refractivity contribution in [3.63, 3.8) is 0 Å². The molecular weight excluding hydrogens is 543 g/mol. The van der Waals surface area contributed by atoms with Gasteiger partial charge in [0, 0.05) is 12.0 Å². The Bertz CT molecular complexity index is 1990. The van der Waals surface area contributed by atoms with E-state index >= 15 is 0 Å². The molecule has 0 heterocycles. The number of hydrogen-bond donors (Lipinski definition) is 0. The maximum Gasteiger partial charge on any atom is 0.0991 e. The van der Waals surface area contributed by atoms with Gasteiger partial charge in [-0.3, -0.25) is 0 Å². The van der Waals surface area contributed by atoms with Gasteiger partial charge in [-0.1, -0.05) is 67.3 Å². The highest BCUT2D eigenvalue weighted by atomic mass is 32.3. The molecule has 1 unspecified atom stereocenters. The number of hydrogen-bond acceptors (Lipinski definition) is 3. The van der Waals surface area contributed by atoms with Gasteiger partial charge in [-0.25, -0.2) is 0 Å². The van der Waals surface area contributed by atoms with Crippen molar-refractivity contribution in [2.24, 2.45) is 0 Å². The molecule has 0 saturated heterocycles. The lowest BCUT2D eigenvalue weighted by Gasteiger charge is -2.43. The van der Waals surface area contributed by atoms with Crippen LogP contribution < -0.4 is 0 Å². The Hall–Kier alpha value is -5.34. The fraction of sp³-hybridized carbons (Fsp3) is 0.103. The second kappa shape index (κ2) is 11.9. The van der Waals surface area contributed by atoms with E-state index in [1.807, 2.05) is 48.6 Å². The average Bonchev–Trinajstić information content (AvgIpc) is 3.07. The molecule has 2 aliphatic carbocycles. The Kier molecular flexibility index (Phi) is 7.68. The largest absolute Gasteiger partial charge is 0.193 e. The maximum absolute atomic E-state index is 9.58. The topological polar surface area (TPSA) is 71.4 Å². The number of nitriles is 3. The van der Waals surface area contributed by atoms with Gasteiger partial charge in [-0.15, -0.1) is 0 Å². The summed E-state index contributed by atoms with van der Waals surface area (Å²) in [6.45, 7) is 4.26. The molecule has 4 heteroatoms. The van der Waals surface area contributed by atoms with E-state index in [2.05, 4.69) is 85.5 Å². The zero-order valence-corrected chi connectivity index (χ0v) is 24.5. The predicted molar refractivity (Wildman–Crippen MR) is 177 cm³/mol. The monoisotopic (exact) mass is 571 g/mol. The Labute approximate surface area is 254 Å². The number of rotatable bonds is 8. The van der Waals surface area contributed by atoms with Gasteiger partial charge >= 0.3 is 0 Å². The van der Waals surface area contributed by atoms with Crippen molar-refractivity contribution >= 4 is 33.0 Å². The standard InChI is InChI=1S/C39H29N3S/c1-2-35(8-3-4-22-40)43(36-19-13-30(27-42)14-20-36,23-21-28-9-11-29(26-41)12-10-28)37-24-33-17-15-31-6-5-7-32-16-18-34(25-37)39(33)38(31)32/h2-6,8-20,24-25,32H,1,7,21,23H2/b4-3+,35-8+/t32-/m1/s1. The van der Waals surface area contributed by atoms with E-state index in [1.165, 1.54) is 38.4 Å². The van der Waals surface area contributed by atoms with E-state index in [0.29, 0.717) is 17.0 Å². The summed E-state index contributed by atoms with van der Waals surface area (Å²) >= 11 is 0. The molecule has 4 aromatic rings. The molecule has 0 N–H and O–H groups in total. The van der Waals surface area contributed by atoms with Crippen LogP contribution in [0.4, 0.5) is 0 Å². The first-order valence-electron chi connectivity index (χ1n) is 14.3. The molecule has 0 aromatic heterocycles. The molecule has 3 nitrogen and oxygen atoms in total. The van der Waals surface area contributed by atoms with Crippen LogP contribution in [0.1, 0.15) is 45.7 Å². The number of aryl methyl sites for hydroxylation is 1. The first kappa shape index (κ1) is 27.8. The first-order chi connectivity index (χ1) is 21.1. The zero-order chi connectivity index (χ0) is 29.8. The zero-order valence-electron chi connectivity index (χ0n) is 23.7. The third-order valence-corrected chi connectivity index (χ3v) is 12.4. The van der Waals surface area contributed by atoms with Crippen molar-refractivity contribution in [2.75, 3.05) is 5.75 Å². The number of nitrogens with zero attached hydrogens (tertiary/aromatic N) is 3. The quantitative estimate of drug-likeness (QED) is 0.156. The molecule has 0 fully saturated rings. The van der Waals surface area contributed by atoms with Crippen LogP contribution in [0.25, 0.3) is 22.9 Å². The van der Waals surface area contributed by atoms with Crippen molar-refractivity contribution in [2.45, 2.75) is 28.6 Å². The third-order valence-electron chi connectivity index (χ3n) is 8.36. The Balaban J connectivity index is 1.62. The minimum Gasteiger partial charge on any atom is -0.193 e. The lowest BCUT2D eigenvalue weighted by atomic mass is 9.79. The summed E-state index contributed by atoms with van der Waals surface area (Å²) in [4.78, 5) is 3.38. The maximum atomic E-state index is 9.58. The molecule has 2 aliphatic rings. The van der Waals surface area contributed by atoms with Gasteiger partial charge in [0.15, 0.2) is 0 Å². The van der Waals surface area contributed by atoms with Gasteiger partial charge in [0.25, 0.3) is 0 Å². The summed E-state index contributed by atoms with van der Waals surface area (Å²) < 4.78 is 0. The summed E-state index contributed by atoms with van der Waals surface area (Å²) in [5.41, 5.74) is 6.32. The van der Waals surface area contributed by atoms with Gasteiger partial charge < -0.3 is 0 Å². The molecule has 0 spiro atoms. The van der Waals surface area contributed by atoms with E-state index in [-0.39, 0.29) is 0 Å². The van der Waals surface area contributed by atoms with Crippen LogP contribution >= 0.6 is 10.0 Å². The van der Waals surface area contributed by atoms with E-state index in [0.717, 1.165) is 34.0 Å². The molecule has 2 atom stereocenters. The van der Waals surface area contributed by atoms with Gasteiger partial charge in [0.1, 0.15) is 0 Å². The van der Waals surface area contributed by atoms with Crippen molar-refractivity contribution < 1.29 is 0 Å². The van der Waals surface area contributed by atoms with Gasteiger partial charge in [-0.2, -0.15) is 25.8 Å². The highest BCUT2D eigenvalue weighted by Gasteiger charge is 2.33.